The number of aromatic nitrogens is 5. The predicted octanol–water partition coefficient (Wildman–Crippen LogP) is 2.35. The maximum atomic E-state index is 13.2. The Morgan fingerprint density at radius 2 is 1.90 bits per heavy atom. The molecule has 1 saturated heterocycles. The molecule has 8 heteroatoms. The molecule has 1 aliphatic heterocycles. The summed E-state index contributed by atoms with van der Waals surface area (Å²) in [5.74, 6) is -0.0299. The van der Waals surface area contributed by atoms with Gasteiger partial charge >= 0.3 is 0 Å². The minimum Gasteiger partial charge on any atom is -0.378 e. The summed E-state index contributed by atoms with van der Waals surface area (Å²) in [6, 6.07) is 15.7. The van der Waals surface area contributed by atoms with Crippen molar-refractivity contribution in [2.24, 2.45) is 0 Å². The SMILES string of the molecule is O=C(c1cc(-c2cccc3cccnc23)cc(-n2cnnn2)c1)N1CCOCC1. The highest BCUT2D eigenvalue weighted by atomic mass is 16.5. The van der Waals surface area contributed by atoms with Gasteiger partial charge in [0.15, 0.2) is 0 Å². The molecule has 1 aliphatic rings. The van der Waals surface area contributed by atoms with Gasteiger partial charge in [0.1, 0.15) is 6.33 Å². The van der Waals surface area contributed by atoms with Crippen molar-refractivity contribution in [3.05, 3.63) is 66.6 Å². The highest BCUT2D eigenvalue weighted by molar-refractivity contribution is 5.99. The topological polar surface area (TPSA) is 86.0 Å². The maximum absolute atomic E-state index is 13.2. The molecule has 29 heavy (non-hydrogen) atoms. The van der Waals surface area contributed by atoms with E-state index in [1.165, 1.54) is 6.33 Å². The van der Waals surface area contributed by atoms with E-state index in [1.807, 2.05) is 53.4 Å². The zero-order valence-electron chi connectivity index (χ0n) is 15.6. The lowest BCUT2D eigenvalue weighted by Crippen LogP contribution is -2.40. The number of ether oxygens (including phenoxy) is 1. The third kappa shape index (κ3) is 3.34. The van der Waals surface area contributed by atoms with Gasteiger partial charge in [0.05, 0.1) is 24.4 Å². The third-order valence-corrected chi connectivity index (χ3v) is 5.02. The van der Waals surface area contributed by atoms with Crippen LogP contribution in [0.15, 0.2) is 61.1 Å². The summed E-state index contributed by atoms with van der Waals surface area (Å²) in [5.41, 5.74) is 4.03. The second-order valence-electron chi connectivity index (χ2n) is 6.81. The van der Waals surface area contributed by atoms with E-state index in [9.17, 15) is 4.79 Å². The van der Waals surface area contributed by atoms with Crippen LogP contribution >= 0.6 is 0 Å². The van der Waals surface area contributed by atoms with E-state index in [0.717, 1.165) is 27.7 Å². The Hall–Kier alpha value is -3.65. The van der Waals surface area contributed by atoms with Crippen molar-refractivity contribution in [3.63, 3.8) is 0 Å². The van der Waals surface area contributed by atoms with Gasteiger partial charge < -0.3 is 9.64 Å². The van der Waals surface area contributed by atoms with Crippen molar-refractivity contribution in [1.29, 1.82) is 0 Å². The number of hydrogen-bond donors (Lipinski definition) is 0. The van der Waals surface area contributed by atoms with Gasteiger partial charge in [-0.3, -0.25) is 9.78 Å². The van der Waals surface area contributed by atoms with Gasteiger partial charge in [-0.1, -0.05) is 24.3 Å². The number of morpholine rings is 1. The molecule has 0 radical (unpaired) electrons. The molecule has 144 valence electrons. The van der Waals surface area contributed by atoms with Crippen molar-refractivity contribution >= 4 is 16.8 Å². The van der Waals surface area contributed by atoms with Crippen LogP contribution in [0.25, 0.3) is 27.7 Å². The number of pyridine rings is 1. The van der Waals surface area contributed by atoms with Gasteiger partial charge in [-0.15, -0.1) is 5.10 Å². The molecule has 0 bridgehead atoms. The summed E-state index contributed by atoms with van der Waals surface area (Å²) in [4.78, 5) is 19.5. The standard InChI is InChI=1S/C21H18N6O2/c28-21(26-7-9-29-10-8-26)17-11-16(12-18(13-17)27-14-23-24-25-27)19-5-1-3-15-4-2-6-22-20(15)19/h1-6,11-14H,7-10H2. The van der Waals surface area contributed by atoms with Crippen LogP contribution in [0.2, 0.25) is 0 Å². The second kappa shape index (κ2) is 7.40. The first-order valence-corrected chi connectivity index (χ1v) is 9.39. The number of fused-ring (bicyclic) bond motifs is 1. The Morgan fingerprint density at radius 3 is 2.72 bits per heavy atom. The Bertz CT molecular complexity index is 1160. The van der Waals surface area contributed by atoms with Gasteiger partial charge in [0.2, 0.25) is 0 Å². The smallest absolute Gasteiger partial charge is 0.254 e. The Morgan fingerprint density at radius 1 is 1.03 bits per heavy atom. The fraction of sp³-hybridized carbons (Fsp3) is 0.190. The van der Waals surface area contributed by atoms with Gasteiger partial charge in [-0.2, -0.15) is 0 Å². The molecule has 2 aromatic heterocycles. The minimum absolute atomic E-state index is 0.0299. The summed E-state index contributed by atoms with van der Waals surface area (Å²) in [6.45, 7) is 2.27. The minimum atomic E-state index is -0.0299. The number of nitrogens with zero attached hydrogens (tertiary/aromatic N) is 6. The first kappa shape index (κ1) is 17.4. The molecule has 0 atom stereocenters. The number of amides is 1. The summed E-state index contributed by atoms with van der Waals surface area (Å²) in [7, 11) is 0. The van der Waals surface area contributed by atoms with Crippen molar-refractivity contribution in [1.82, 2.24) is 30.1 Å². The van der Waals surface area contributed by atoms with Crippen LogP contribution in [-0.4, -0.2) is 62.3 Å². The van der Waals surface area contributed by atoms with E-state index >= 15 is 0 Å². The van der Waals surface area contributed by atoms with Gasteiger partial charge in [-0.05, 0) is 40.3 Å². The van der Waals surface area contributed by atoms with Crippen LogP contribution < -0.4 is 0 Å². The number of carbonyl (C=O) groups excluding carboxylic acids is 1. The van der Waals surface area contributed by atoms with E-state index in [0.29, 0.717) is 31.9 Å². The Kier molecular flexibility index (Phi) is 4.45. The molecule has 0 N–H and O–H groups in total. The zero-order valence-corrected chi connectivity index (χ0v) is 15.6. The first-order valence-electron chi connectivity index (χ1n) is 9.39. The lowest BCUT2D eigenvalue weighted by Gasteiger charge is -2.27. The van der Waals surface area contributed by atoms with Crippen LogP contribution in [0.5, 0.6) is 0 Å². The van der Waals surface area contributed by atoms with Crippen molar-refractivity contribution in [3.8, 4) is 16.8 Å². The van der Waals surface area contributed by atoms with Crippen LogP contribution in [-0.2, 0) is 4.74 Å². The molecule has 0 saturated carbocycles. The second-order valence-corrected chi connectivity index (χ2v) is 6.81. The first-order chi connectivity index (χ1) is 14.3. The molecular weight excluding hydrogens is 368 g/mol. The van der Waals surface area contributed by atoms with E-state index in [2.05, 4.69) is 20.5 Å². The number of carbonyl (C=O) groups is 1. The van der Waals surface area contributed by atoms with E-state index < -0.39 is 0 Å². The van der Waals surface area contributed by atoms with Crippen molar-refractivity contribution < 1.29 is 9.53 Å². The molecular formula is C21H18N6O2. The average Bonchev–Trinajstić information content (AvgIpc) is 3.33. The molecule has 1 fully saturated rings. The number of hydrogen-bond acceptors (Lipinski definition) is 6. The highest BCUT2D eigenvalue weighted by Gasteiger charge is 2.20. The van der Waals surface area contributed by atoms with Crippen molar-refractivity contribution in [2.45, 2.75) is 0 Å². The average molecular weight is 386 g/mol. The molecule has 5 rings (SSSR count). The van der Waals surface area contributed by atoms with E-state index in [-0.39, 0.29) is 5.91 Å². The van der Waals surface area contributed by atoms with Crippen LogP contribution in [0.1, 0.15) is 10.4 Å². The molecule has 0 spiro atoms. The molecule has 4 aromatic rings. The number of rotatable bonds is 3. The molecule has 3 heterocycles. The molecule has 1 amide bonds. The summed E-state index contributed by atoms with van der Waals surface area (Å²) < 4.78 is 6.93. The summed E-state index contributed by atoms with van der Waals surface area (Å²) in [6.07, 6.45) is 3.29. The van der Waals surface area contributed by atoms with Crippen LogP contribution in [0, 0.1) is 0 Å². The van der Waals surface area contributed by atoms with Gasteiger partial charge in [0.25, 0.3) is 5.91 Å². The zero-order chi connectivity index (χ0) is 19.6. The fourth-order valence-corrected chi connectivity index (χ4v) is 3.59. The van der Waals surface area contributed by atoms with Gasteiger partial charge in [-0.25, -0.2) is 4.68 Å². The normalized spacial score (nSPS) is 14.3. The number of tetrazole rings is 1. The lowest BCUT2D eigenvalue weighted by atomic mass is 9.98. The highest BCUT2D eigenvalue weighted by Crippen LogP contribution is 2.30. The van der Waals surface area contributed by atoms with Crippen LogP contribution in [0.3, 0.4) is 0 Å². The largest absolute Gasteiger partial charge is 0.378 e. The predicted molar refractivity (Wildman–Crippen MR) is 107 cm³/mol. The summed E-state index contributed by atoms with van der Waals surface area (Å²) in [5, 5.41) is 12.5. The fourth-order valence-electron chi connectivity index (χ4n) is 3.59. The molecule has 0 unspecified atom stereocenters. The van der Waals surface area contributed by atoms with E-state index in [1.54, 1.807) is 10.9 Å². The van der Waals surface area contributed by atoms with Crippen molar-refractivity contribution in [2.75, 3.05) is 26.3 Å². The monoisotopic (exact) mass is 386 g/mol. The van der Waals surface area contributed by atoms with Crippen LogP contribution in [0.4, 0.5) is 0 Å². The number of benzene rings is 2. The quantitative estimate of drug-likeness (QED) is 0.537. The lowest BCUT2D eigenvalue weighted by molar-refractivity contribution is 0.0303. The Labute approximate surface area is 166 Å². The van der Waals surface area contributed by atoms with E-state index in [4.69, 9.17) is 4.74 Å². The molecule has 2 aromatic carbocycles. The summed E-state index contributed by atoms with van der Waals surface area (Å²) >= 11 is 0. The van der Waals surface area contributed by atoms with Gasteiger partial charge in [0, 0.05) is 35.8 Å². The molecule has 0 aliphatic carbocycles. The third-order valence-electron chi connectivity index (χ3n) is 5.02. The molecule has 8 nitrogen and oxygen atoms in total. The number of para-hydroxylation sites is 1. The Balaban J connectivity index is 1.66. The maximum Gasteiger partial charge on any atom is 0.254 e.